The smallest absolute Gasteiger partial charge is 0.134 e. The molecule has 0 bridgehead atoms. The molecule has 2 rings (SSSR count). The molecule has 0 amide bonds. The second-order valence-corrected chi connectivity index (χ2v) is 5.33. The molecule has 1 heterocycles. The summed E-state index contributed by atoms with van der Waals surface area (Å²) in [6.07, 6.45) is 1.80. The van der Waals surface area contributed by atoms with E-state index in [1.165, 1.54) is 11.3 Å². The first kappa shape index (κ1) is 13.3. The van der Waals surface area contributed by atoms with Crippen molar-refractivity contribution in [2.45, 2.75) is 20.8 Å². The number of aromatic hydroxyl groups is 1. The third-order valence-electron chi connectivity index (χ3n) is 2.79. The SMILES string of the molecule is Cc1csc(/C(C#N)=C\c2cc(C)c(O)c(C)c2)n1. The lowest BCUT2D eigenvalue weighted by molar-refractivity contribution is 0.467. The fourth-order valence-corrected chi connectivity index (χ4v) is 2.62. The van der Waals surface area contributed by atoms with Crippen molar-refractivity contribution in [1.29, 1.82) is 5.26 Å². The Hall–Kier alpha value is -2.12. The van der Waals surface area contributed by atoms with E-state index in [1.807, 2.05) is 38.3 Å². The number of nitriles is 1. The van der Waals surface area contributed by atoms with Crippen LogP contribution in [0, 0.1) is 32.1 Å². The number of hydrogen-bond donors (Lipinski definition) is 1. The monoisotopic (exact) mass is 270 g/mol. The van der Waals surface area contributed by atoms with E-state index in [4.69, 9.17) is 0 Å². The van der Waals surface area contributed by atoms with Crippen LogP contribution < -0.4 is 0 Å². The van der Waals surface area contributed by atoms with Gasteiger partial charge in [0, 0.05) is 11.1 Å². The van der Waals surface area contributed by atoms with Gasteiger partial charge in [0.05, 0.1) is 5.57 Å². The summed E-state index contributed by atoms with van der Waals surface area (Å²) in [4.78, 5) is 4.32. The average Bonchev–Trinajstić information content (AvgIpc) is 2.79. The molecule has 1 aromatic carbocycles. The molecule has 1 N–H and O–H groups in total. The lowest BCUT2D eigenvalue weighted by Crippen LogP contribution is -1.85. The zero-order valence-corrected chi connectivity index (χ0v) is 11.9. The van der Waals surface area contributed by atoms with Gasteiger partial charge in [-0.1, -0.05) is 0 Å². The van der Waals surface area contributed by atoms with Gasteiger partial charge in [-0.05, 0) is 55.7 Å². The van der Waals surface area contributed by atoms with Crippen LogP contribution in [0.4, 0.5) is 0 Å². The largest absolute Gasteiger partial charge is 0.507 e. The molecule has 1 aromatic heterocycles. The maximum Gasteiger partial charge on any atom is 0.134 e. The highest BCUT2D eigenvalue weighted by molar-refractivity contribution is 7.11. The second-order valence-electron chi connectivity index (χ2n) is 4.47. The van der Waals surface area contributed by atoms with Crippen LogP contribution in [0.3, 0.4) is 0 Å². The molecule has 96 valence electrons. The van der Waals surface area contributed by atoms with Crippen molar-refractivity contribution in [2.24, 2.45) is 0 Å². The molecule has 2 aromatic rings. The minimum Gasteiger partial charge on any atom is -0.507 e. The van der Waals surface area contributed by atoms with Gasteiger partial charge in [-0.2, -0.15) is 5.26 Å². The maximum atomic E-state index is 9.75. The van der Waals surface area contributed by atoms with Crippen molar-refractivity contribution in [3.8, 4) is 11.8 Å². The second kappa shape index (κ2) is 5.25. The van der Waals surface area contributed by atoms with E-state index >= 15 is 0 Å². The van der Waals surface area contributed by atoms with Crippen molar-refractivity contribution in [1.82, 2.24) is 4.98 Å². The minimum atomic E-state index is 0.306. The molecule has 19 heavy (non-hydrogen) atoms. The highest BCUT2D eigenvalue weighted by atomic mass is 32.1. The topological polar surface area (TPSA) is 56.9 Å². The standard InChI is InChI=1S/C15H14N2OS/c1-9-4-12(5-10(2)14(9)18)6-13(7-16)15-17-11(3)8-19-15/h4-6,8,18H,1-3H3/b13-6-. The average molecular weight is 270 g/mol. The van der Waals surface area contributed by atoms with Crippen LogP contribution in [0.25, 0.3) is 11.6 Å². The number of allylic oxidation sites excluding steroid dienone is 1. The van der Waals surface area contributed by atoms with E-state index in [-0.39, 0.29) is 0 Å². The van der Waals surface area contributed by atoms with E-state index in [1.54, 1.807) is 6.08 Å². The van der Waals surface area contributed by atoms with Crippen LogP contribution in [0.5, 0.6) is 5.75 Å². The van der Waals surface area contributed by atoms with Crippen LogP contribution in [-0.4, -0.2) is 10.1 Å². The molecule has 0 saturated carbocycles. The lowest BCUT2D eigenvalue weighted by atomic mass is 10.0. The highest BCUT2D eigenvalue weighted by Gasteiger charge is 2.07. The number of benzene rings is 1. The van der Waals surface area contributed by atoms with Crippen molar-refractivity contribution in [3.63, 3.8) is 0 Å². The Morgan fingerprint density at radius 2 is 1.95 bits per heavy atom. The van der Waals surface area contributed by atoms with Crippen molar-refractivity contribution in [2.75, 3.05) is 0 Å². The third kappa shape index (κ3) is 2.83. The summed E-state index contributed by atoms with van der Waals surface area (Å²) in [6, 6.07) is 5.90. The van der Waals surface area contributed by atoms with Crippen LogP contribution >= 0.6 is 11.3 Å². The first-order chi connectivity index (χ1) is 9.01. The molecule has 0 aliphatic rings. The molecular weight excluding hydrogens is 256 g/mol. The summed E-state index contributed by atoms with van der Waals surface area (Å²) in [5, 5.41) is 21.6. The van der Waals surface area contributed by atoms with Crippen molar-refractivity contribution >= 4 is 23.0 Å². The Morgan fingerprint density at radius 3 is 2.42 bits per heavy atom. The predicted molar refractivity (Wildman–Crippen MR) is 77.9 cm³/mol. The Bertz CT molecular complexity index is 669. The Kier molecular flexibility index (Phi) is 3.68. The number of phenolic OH excluding ortho intramolecular Hbond substituents is 1. The Balaban J connectivity index is 2.47. The number of thiazole rings is 1. The first-order valence-electron chi connectivity index (χ1n) is 5.85. The van der Waals surface area contributed by atoms with Gasteiger partial charge in [-0.15, -0.1) is 11.3 Å². The summed E-state index contributed by atoms with van der Waals surface area (Å²) >= 11 is 1.46. The zero-order valence-electron chi connectivity index (χ0n) is 11.1. The van der Waals surface area contributed by atoms with E-state index in [0.29, 0.717) is 11.3 Å². The lowest BCUT2D eigenvalue weighted by Gasteiger charge is -2.05. The highest BCUT2D eigenvalue weighted by Crippen LogP contribution is 2.26. The summed E-state index contributed by atoms with van der Waals surface area (Å²) in [7, 11) is 0. The molecule has 0 aliphatic carbocycles. The summed E-state index contributed by atoms with van der Waals surface area (Å²) in [5.41, 5.74) is 3.97. The molecule has 0 aliphatic heterocycles. The fraction of sp³-hybridized carbons (Fsp3) is 0.200. The third-order valence-corrected chi connectivity index (χ3v) is 3.79. The van der Waals surface area contributed by atoms with Gasteiger partial charge < -0.3 is 5.11 Å². The number of hydrogen-bond acceptors (Lipinski definition) is 4. The van der Waals surface area contributed by atoms with Gasteiger partial charge in [0.1, 0.15) is 16.8 Å². The molecule has 0 radical (unpaired) electrons. The molecule has 0 saturated heterocycles. The molecule has 0 fully saturated rings. The van der Waals surface area contributed by atoms with E-state index < -0.39 is 0 Å². The van der Waals surface area contributed by atoms with E-state index in [0.717, 1.165) is 27.4 Å². The number of phenols is 1. The van der Waals surface area contributed by atoms with E-state index in [2.05, 4.69) is 11.1 Å². The quantitative estimate of drug-likeness (QED) is 0.843. The summed E-state index contributed by atoms with van der Waals surface area (Å²) < 4.78 is 0. The van der Waals surface area contributed by atoms with Gasteiger partial charge in [0.25, 0.3) is 0 Å². The Labute approximate surface area is 116 Å². The number of nitrogens with zero attached hydrogens (tertiary/aromatic N) is 2. The van der Waals surface area contributed by atoms with Crippen LogP contribution in [0.15, 0.2) is 17.5 Å². The molecule has 3 nitrogen and oxygen atoms in total. The van der Waals surface area contributed by atoms with Gasteiger partial charge in [-0.25, -0.2) is 4.98 Å². The molecule has 0 atom stereocenters. The van der Waals surface area contributed by atoms with E-state index in [9.17, 15) is 10.4 Å². The van der Waals surface area contributed by atoms with Crippen LogP contribution in [0.2, 0.25) is 0 Å². The van der Waals surface area contributed by atoms with Gasteiger partial charge in [-0.3, -0.25) is 0 Å². The van der Waals surface area contributed by atoms with Crippen LogP contribution in [0.1, 0.15) is 27.4 Å². The zero-order chi connectivity index (χ0) is 14.0. The van der Waals surface area contributed by atoms with Gasteiger partial charge >= 0.3 is 0 Å². The number of rotatable bonds is 2. The van der Waals surface area contributed by atoms with Crippen LogP contribution in [-0.2, 0) is 0 Å². The molecule has 0 unspecified atom stereocenters. The summed E-state index contributed by atoms with van der Waals surface area (Å²) in [5.74, 6) is 0.306. The fourth-order valence-electron chi connectivity index (χ4n) is 1.86. The van der Waals surface area contributed by atoms with Crippen molar-refractivity contribution in [3.05, 3.63) is 44.9 Å². The normalized spacial score (nSPS) is 11.4. The van der Waals surface area contributed by atoms with Crippen molar-refractivity contribution < 1.29 is 5.11 Å². The number of aromatic nitrogens is 1. The molecule has 0 spiro atoms. The molecular formula is C15H14N2OS. The molecule has 4 heteroatoms. The Morgan fingerprint density at radius 1 is 1.32 bits per heavy atom. The van der Waals surface area contributed by atoms with Gasteiger partial charge in [0.15, 0.2) is 0 Å². The van der Waals surface area contributed by atoms with Gasteiger partial charge in [0.2, 0.25) is 0 Å². The summed E-state index contributed by atoms with van der Waals surface area (Å²) in [6.45, 7) is 5.60. The maximum absolute atomic E-state index is 9.75. The number of aryl methyl sites for hydroxylation is 3. The predicted octanol–water partition coefficient (Wildman–Crippen LogP) is 3.84. The first-order valence-corrected chi connectivity index (χ1v) is 6.73. The minimum absolute atomic E-state index is 0.306.